The average molecular weight is 667 g/mol. The number of allylic oxidation sites excluding steroid dienone is 6. The van der Waals surface area contributed by atoms with Gasteiger partial charge in [0.15, 0.2) is 0 Å². The van der Waals surface area contributed by atoms with E-state index in [4.69, 9.17) is 0 Å². The molecule has 0 fully saturated rings. The number of nitrogens with one attached hydrogen (secondary N) is 3. The van der Waals surface area contributed by atoms with Crippen LogP contribution in [0.25, 0.3) is 0 Å². The number of carbonyl (C=O) groups excluding carboxylic acids is 2. The molecule has 1 aromatic heterocycles. The molecule has 48 heavy (non-hydrogen) atoms. The van der Waals surface area contributed by atoms with Crippen molar-refractivity contribution in [2.45, 2.75) is 193 Å². The topological polar surface area (TPSA) is 86.9 Å². The van der Waals surface area contributed by atoms with E-state index < -0.39 is 6.04 Å². The van der Waals surface area contributed by atoms with Gasteiger partial charge >= 0.3 is 0 Å². The molecule has 274 valence electrons. The number of hydrogen-bond donors (Lipinski definition) is 3. The number of H-pyrrole nitrogens is 1. The second-order valence-electron chi connectivity index (χ2n) is 13.6. The summed E-state index contributed by atoms with van der Waals surface area (Å²) in [5.74, 6) is -0.159. The highest BCUT2D eigenvalue weighted by molar-refractivity contribution is 5.87. The third kappa shape index (κ3) is 28.4. The molecule has 1 heterocycles. The maximum absolute atomic E-state index is 13.0. The fourth-order valence-corrected chi connectivity index (χ4v) is 5.89. The molecule has 0 radical (unpaired) electrons. The quantitative estimate of drug-likeness (QED) is 0.0505. The second kappa shape index (κ2) is 34.2. The normalized spacial score (nSPS) is 12.5. The lowest BCUT2D eigenvalue weighted by molar-refractivity contribution is -0.129. The van der Waals surface area contributed by atoms with Crippen LogP contribution >= 0.6 is 0 Å². The van der Waals surface area contributed by atoms with Crippen LogP contribution in [0.2, 0.25) is 0 Å². The Morgan fingerprint density at radius 3 is 1.69 bits per heavy atom. The Labute approximate surface area is 295 Å². The number of aromatic amines is 1. The van der Waals surface area contributed by atoms with Crippen molar-refractivity contribution in [3.8, 4) is 0 Å². The summed E-state index contributed by atoms with van der Waals surface area (Å²) in [5.41, 5.74) is 0.782. The molecular formula is C42H74N4O2. The lowest BCUT2D eigenvalue weighted by Gasteiger charge is -2.18. The molecule has 0 aromatic carbocycles. The Bertz CT molecular complexity index is 937. The van der Waals surface area contributed by atoms with Gasteiger partial charge in [-0.1, -0.05) is 140 Å². The zero-order valence-corrected chi connectivity index (χ0v) is 31.3. The summed E-state index contributed by atoms with van der Waals surface area (Å²) in [5, 5.41) is 6.05. The Balaban J connectivity index is 2.11. The van der Waals surface area contributed by atoms with Crippen molar-refractivity contribution in [1.82, 2.24) is 20.6 Å². The maximum atomic E-state index is 13.0. The molecular weight excluding hydrogens is 592 g/mol. The van der Waals surface area contributed by atoms with Crippen molar-refractivity contribution in [3.63, 3.8) is 0 Å². The van der Waals surface area contributed by atoms with E-state index in [2.05, 4.69) is 70.9 Å². The van der Waals surface area contributed by atoms with Crippen molar-refractivity contribution in [3.05, 3.63) is 54.7 Å². The minimum atomic E-state index is -0.590. The highest BCUT2D eigenvalue weighted by Crippen LogP contribution is 2.11. The molecule has 0 aliphatic heterocycles. The van der Waals surface area contributed by atoms with Gasteiger partial charge < -0.3 is 15.6 Å². The van der Waals surface area contributed by atoms with Crippen LogP contribution in [0.1, 0.15) is 186 Å². The van der Waals surface area contributed by atoms with Crippen LogP contribution in [0, 0.1) is 0 Å². The first kappa shape index (κ1) is 43.4. The van der Waals surface area contributed by atoms with Crippen LogP contribution in [-0.4, -0.2) is 34.4 Å². The fourth-order valence-electron chi connectivity index (χ4n) is 5.89. The summed E-state index contributed by atoms with van der Waals surface area (Å²) in [7, 11) is 0. The molecule has 1 atom stereocenters. The van der Waals surface area contributed by atoms with Gasteiger partial charge in [-0.2, -0.15) is 0 Å². The molecule has 2 amide bonds. The highest BCUT2D eigenvalue weighted by atomic mass is 16.2. The van der Waals surface area contributed by atoms with Crippen molar-refractivity contribution in [2.75, 3.05) is 6.54 Å². The molecule has 6 heteroatoms. The first-order valence-electron chi connectivity index (χ1n) is 20.2. The van der Waals surface area contributed by atoms with Gasteiger partial charge in [0.05, 0.1) is 12.0 Å². The molecule has 0 saturated heterocycles. The van der Waals surface area contributed by atoms with E-state index in [-0.39, 0.29) is 11.8 Å². The number of unbranched alkanes of at least 4 members (excludes halogenated alkanes) is 20. The first-order valence-corrected chi connectivity index (χ1v) is 20.2. The van der Waals surface area contributed by atoms with Crippen molar-refractivity contribution >= 4 is 11.8 Å². The summed E-state index contributed by atoms with van der Waals surface area (Å²) in [4.78, 5) is 32.9. The molecule has 3 N–H and O–H groups in total. The van der Waals surface area contributed by atoms with Crippen molar-refractivity contribution < 1.29 is 9.59 Å². The molecule has 0 aliphatic carbocycles. The van der Waals surface area contributed by atoms with E-state index in [1.807, 2.05) is 0 Å². The highest BCUT2D eigenvalue weighted by Gasteiger charge is 2.21. The molecule has 0 saturated carbocycles. The number of rotatable bonds is 34. The van der Waals surface area contributed by atoms with Gasteiger partial charge in [0, 0.05) is 25.6 Å². The van der Waals surface area contributed by atoms with Crippen LogP contribution in [0.3, 0.4) is 0 Å². The van der Waals surface area contributed by atoms with Crippen molar-refractivity contribution in [1.29, 1.82) is 0 Å². The van der Waals surface area contributed by atoms with Gasteiger partial charge in [-0.15, -0.1) is 0 Å². The molecule has 1 aromatic rings. The van der Waals surface area contributed by atoms with Crippen LogP contribution < -0.4 is 10.6 Å². The fraction of sp³-hybridized carbons (Fsp3) is 0.738. The second-order valence-corrected chi connectivity index (χ2v) is 13.6. The molecule has 1 rings (SSSR count). The summed E-state index contributed by atoms with van der Waals surface area (Å²) in [6.45, 7) is 5.16. The van der Waals surface area contributed by atoms with Crippen LogP contribution in [-0.2, 0) is 16.0 Å². The minimum absolute atomic E-state index is 0.0476. The molecule has 6 nitrogen and oxygen atoms in total. The predicted molar refractivity (Wildman–Crippen MR) is 206 cm³/mol. The van der Waals surface area contributed by atoms with E-state index in [0.717, 1.165) is 50.6 Å². The van der Waals surface area contributed by atoms with Crippen molar-refractivity contribution in [2.24, 2.45) is 0 Å². The standard InChI is InChI=1S/C42H74N4O2/c1-3-5-7-9-11-13-15-17-19-21-23-25-27-29-31-33-35-44-42(48)40(36-39-37-43-38-45-39)46-41(47)34-32-30-28-26-24-22-20-18-16-14-12-10-8-6-4-2/h12,14,17-20,37-38,40H,3-11,13,15-16,21-36H2,1-2H3,(H,43,45)(H,44,48)(H,46,47). The first-order chi connectivity index (χ1) is 23.7. The Morgan fingerprint density at radius 1 is 0.646 bits per heavy atom. The average Bonchev–Trinajstić information content (AvgIpc) is 3.60. The van der Waals surface area contributed by atoms with Gasteiger partial charge in [-0.25, -0.2) is 4.98 Å². The van der Waals surface area contributed by atoms with Gasteiger partial charge in [0.25, 0.3) is 0 Å². The van der Waals surface area contributed by atoms with E-state index in [1.165, 1.54) is 116 Å². The number of carbonyl (C=O) groups is 2. The summed E-state index contributed by atoms with van der Waals surface area (Å²) < 4.78 is 0. The minimum Gasteiger partial charge on any atom is -0.354 e. The third-order valence-electron chi connectivity index (χ3n) is 8.96. The van der Waals surface area contributed by atoms with Gasteiger partial charge in [-0.3, -0.25) is 9.59 Å². The summed E-state index contributed by atoms with van der Waals surface area (Å²) in [6, 6.07) is -0.590. The van der Waals surface area contributed by atoms with E-state index in [1.54, 1.807) is 12.5 Å². The van der Waals surface area contributed by atoms with Gasteiger partial charge in [0.1, 0.15) is 6.04 Å². The van der Waals surface area contributed by atoms with Gasteiger partial charge in [-0.05, 0) is 70.6 Å². The number of aromatic nitrogens is 2. The lowest BCUT2D eigenvalue weighted by atomic mass is 10.1. The molecule has 1 unspecified atom stereocenters. The number of imidazole rings is 1. The lowest BCUT2D eigenvalue weighted by Crippen LogP contribution is -2.48. The van der Waals surface area contributed by atoms with E-state index >= 15 is 0 Å². The SMILES string of the molecule is CCCCCC=CCC=CCCCCCCCC(=O)NC(Cc1c[nH]cn1)C(=O)NCCCCCCCCC=CCCCCCCCC. The van der Waals surface area contributed by atoms with Crippen LogP contribution in [0.5, 0.6) is 0 Å². The predicted octanol–water partition coefficient (Wildman–Crippen LogP) is 11.4. The van der Waals surface area contributed by atoms with Crippen LogP contribution in [0.4, 0.5) is 0 Å². The largest absolute Gasteiger partial charge is 0.354 e. The smallest absolute Gasteiger partial charge is 0.242 e. The maximum Gasteiger partial charge on any atom is 0.242 e. The third-order valence-corrected chi connectivity index (χ3v) is 8.96. The van der Waals surface area contributed by atoms with E-state index in [0.29, 0.717) is 19.4 Å². The van der Waals surface area contributed by atoms with E-state index in [9.17, 15) is 9.59 Å². The van der Waals surface area contributed by atoms with Gasteiger partial charge in [0.2, 0.25) is 11.8 Å². The monoisotopic (exact) mass is 667 g/mol. The number of hydrogen-bond acceptors (Lipinski definition) is 3. The molecule has 0 bridgehead atoms. The zero-order valence-electron chi connectivity index (χ0n) is 31.3. The summed E-state index contributed by atoms with van der Waals surface area (Å²) >= 11 is 0. The Morgan fingerprint density at radius 2 is 1.12 bits per heavy atom. The number of amides is 2. The zero-order chi connectivity index (χ0) is 34.6. The molecule has 0 spiro atoms. The Kier molecular flexibility index (Phi) is 31.0. The molecule has 0 aliphatic rings. The van der Waals surface area contributed by atoms with Crippen LogP contribution in [0.15, 0.2) is 49.0 Å². The Hall–Kier alpha value is -2.63. The summed E-state index contributed by atoms with van der Waals surface area (Å²) in [6.07, 6.45) is 48.7. The number of nitrogens with zero attached hydrogens (tertiary/aromatic N) is 1.